The molecular formula is C20H26O2. The molecule has 2 saturated carbocycles. The minimum atomic E-state index is -0.107. The van der Waals surface area contributed by atoms with Crippen molar-refractivity contribution in [1.82, 2.24) is 0 Å². The topological polar surface area (TPSA) is 34.1 Å². The Bertz CT molecular complexity index is 626. The van der Waals surface area contributed by atoms with E-state index in [1.165, 1.54) is 5.57 Å². The van der Waals surface area contributed by atoms with Gasteiger partial charge < -0.3 is 0 Å². The highest BCUT2D eigenvalue weighted by molar-refractivity contribution is 5.92. The number of carbonyl (C=O) groups excluding carboxylic acids is 2. The van der Waals surface area contributed by atoms with E-state index in [0.717, 1.165) is 32.1 Å². The molecule has 4 rings (SSSR count). The molecule has 0 amide bonds. The van der Waals surface area contributed by atoms with E-state index in [0.29, 0.717) is 35.7 Å². The molecule has 2 fully saturated rings. The lowest BCUT2D eigenvalue weighted by Gasteiger charge is -2.54. The van der Waals surface area contributed by atoms with E-state index in [1.54, 1.807) is 5.57 Å². The maximum Gasteiger partial charge on any atom is 0.155 e. The number of allylic oxidation sites excluding steroid dienone is 4. The SMILES string of the molecule is C[C@H]1C=C2[C@H](CC[C@]3(C)C(=O)CC[C@@H]23)[C@@]2(C)CCC(=O)C=C12. The van der Waals surface area contributed by atoms with Gasteiger partial charge in [-0.3, -0.25) is 9.59 Å². The number of carbonyl (C=O) groups is 2. The average Bonchev–Trinajstić information content (AvgIpc) is 2.77. The van der Waals surface area contributed by atoms with Crippen molar-refractivity contribution in [3.63, 3.8) is 0 Å². The number of hydrogen-bond donors (Lipinski definition) is 0. The third kappa shape index (κ3) is 1.67. The summed E-state index contributed by atoms with van der Waals surface area (Å²) in [6.07, 6.45) is 9.98. The van der Waals surface area contributed by atoms with Gasteiger partial charge in [0.05, 0.1) is 0 Å². The molecule has 0 radical (unpaired) electrons. The Kier molecular flexibility index (Phi) is 2.90. The van der Waals surface area contributed by atoms with Gasteiger partial charge in [-0.15, -0.1) is 0 Å². The normalized spacial score (nSPS) is 47.3. The third-order valence-corrected chi connectivity index (χ3v) is 7.39. The minimum Gasteiger partial charge on any atom is -0.299 e. The first-order valence-electron chi connectivity index (χ1n) is 8.86. The lowest BCUT2D eigenvalue weighted by atomic mass is 9.50. The standard InChI is InChI=1S/C20H26O2/c1-12-10-14-15-4-5-18(22)20(15,3)9-7-16(14)19(2)8-6-13(21)11-17(12)19/h10-12,15-16H,4-9H2,1-3H3/t12-,15-,16-,19+,20-/m0/s1. The fourth-order valence-corrected chi connectivity index (χ4v) is 6.04. The Balaban J connectivity index is 1.82. The summed E-state index contributed by atoms with van der Waals surface area (Å²) in [4.78, 5) is 24.3. The first kappa shape index (κ1) is 14.4. The van der Waals surface area contributed by atoms with E-state index in [9.17, 15) is 9.59 Å². The van der Waals surface area contributed by atoms with E-state index in [2.05, 4.69) is 26.8 Å². The van der Waals surface area contributed by atoms with Crippen molar-refractivity contribution >= 4 is 11.6 Å². The summed E-state index contributed by atoms with van der Waals surface area (Å²) in [6, 6.07) is 0. The molecule has 0 aromatic heterocycles. The summed E-state index contributed by atoms with van der Waals surface area (Å²) in [7, 11) is 0. The highest BCUT2D eigenvalue weighted by Crippen LogP contribution is 2.63. The number of Topliss-reactive ketones (excluding diaryl/α,β-unsaturated/α-hetero) is 1. The highest BCUT2D eigenvalue weighted by Gasteiger charge is 2.57. The lowest BCUT2D eigenvalue weighted by molar-refractivity contribution is -0.127. The molecule has 0 saturated heterocycles. The molecule has 5 atom stereocenters. The number of ketones is 2. The van der Waals surface area contributed by atoms with Gasteiger partial charge in [0, 0.05) is 18.3 Å². The third-order valence-electron chi connectivity index (χ3n) is 7.39. The largest absolute Gasteiger partial charge is 0.299 e. The molecule has 0 aliphatic heterocycles. The van der Waals surface area contributed by atoms with Gasteiger partial charge in [0.15, 0.2) is 5.78 Å². The lowest BCUT2D eigenvalue weighted by Crippen LogP contribution is -2.47. The minimum absolute atomic E-state index is 0.107. The first-order valence-corrected chi connectivity index (χ1v) is 8.86. The summed E-state index contributed by atoms with van der Waals surface area (Å²) in [5.41, 5.74) is 2.95. The highest BCUT2D eigenvalue weighted by atomic mass is 16.1. The Morgan fingerprint density at radius 3 is 2.50 bits per heavy atom. The fourth-order valence-electron chi connectivity index (χ4n) is 6.04. The molecule has 22 heavy (non-hydrogen) atoms. The van der Waals surface area contributed by atoms with Gasteiger partial charge in [0.1, 0.15) is 5.78 Å². The maximum absolute atomic E-state index is 12.4. The summed E-state index contributed by atoms with van der Waals surface area (Å²) >= 11 is 0. The van der Waals surface area contributed by atoms with E-state index in [4.69, 9.17) is 0 Å². The molecule has 0 N–H and O–H groups in total. The molecule has 0 unspecified atom stereocenters. The summed E-state index contributed by atoms with van der Waals surface area (Å²) < 4.78 is 0. The number of rotatable bonds is 0. The average molecular weight is 298 g/mol. The molecule has 0 bridgehead atoms. The molecule has 4 aliphatic rings. The van der Waals surface area contributed by atoms with E-state index in [1.807, 2.05) is 6.08 Å². The Labute approximate surface area is 133 Å². The van der Waals surface area contributed by atoms with Gasteiger partial charge in [-0.1, -0.05) is 38.0 Å². The Hall–Kier alpha value is -1.18. The van der Waals surface area contributed by atoms with Gasteiger partial charge in [0.2, 0.25) is 0 Å². The molecule has 118 valence electrons. The van der Waals surface area contributed by atoms with Crippen LogP contribution in [0, 0.1) is 28.6 Å². The zero-order valence-electron chi connectivity index (χ0n) is 13.9. The molecule has 2 heteroatoms. The van der Waals surface area contributed by atoms with Crippen molar-refractivity contribution in [2.45, 2.75) is 59.3 Å². The van der Waals surface area contributed by atoms with Crippen molar-refractivity contribution < 1.29 is 9.59 Å². The zero-order chi connectivity index (χ0) is 15.7. The summed E-state index contributed by atoms with van der Waals surface area (Å²) in [6.45, 7) is 6.81. The quantitative estimate of drug-likeness (QED) is 0.626. The monoisotopic (exact) mass is 298 g/mol. The van der Waals surface area contributed by atoms with E-state index >= 15 is 0 Å². The van der Waals surface area contributed by atoms with Crippen LogP contribution in [0.4, 0.5) is 0 Å². The molecule has 0 heterocycles. The van der Waals surface area contributed by atoms with Crippen LogP contribution in [0.3, 0.4) is 0 Å². The molecule has 0 spiro atoms. The molecule has 0 aromatic carbocycles. The van der Waals surface area contributed by atoms with Gasteiger partial charge in [-0.05, 0) is 54.9 Å². The number of fused-ring (bicyclic) bond motifs is 5. The summed E-state index contributed by atoms with van der Waals surface area (Å²) in [5, 5.41) is 0. The van der Waals surface area contributed by atoms with Crippen molar-refractivity contribution in [3.05, 3.63) is 23.3 Å². The van der Waals surface area contributed by atoms with Crippen LogP contribution in [0.25, 0.3) is 0 Å². The molecular weight excluding hydrogens is 272 g/mol. The maximum atomic E-state index is 12.4. The van der Waals surface area contributed by atoms with Gasteiger partial charge >= 0.3 is 0 Å². The Morgan fingerprint density at radius 1 is 1.00 bits per heavy atom. The van der Waals surface area contributed by atoms with Gasteiger partial charge in [-0.2, -0.15) is 0 Å². The van der Waals surface area contributed by atoms with E-state index in [-0.39, 0.29) is 10.8 Å². The molecule has 0 aromatic rings. The zero-order valence-corrected chi connectivity index (χ0v) is 13.9. The van der Waals surface area contributed by atoms with Crippen molar-refractivity contribution in [3.8, 4) is 0 Å². The first-order chi connectivity index (χ1) is 10.4. The summed E-state index contributed by atoms with van der Waals surface area (Å²) in [5.74, 6) is 2.13. The second kappa shape index (κ2) is 4.43. The predicted molar refractivity (Wildman–Crippen MR) is 86.2 cm³/mol. The fraction of sp³-hybridized carbons (Fsp3) is 0.700. The smallest absolute Gasteiger partial charge is 0.155 e. The van der Waals surface area contributed by atoms with E-state index < -0.39 is 0 Å². The van der Waals surface area contributed by atoms with Crippen molar-refractivity contribution in [1.29, 1.82) is 0 Å². The van der Waals surface area contributed by atoms with Gasteiger partial charge in [0.25, 0.3) is 0 Å². The van der Waals surface area contributed by atoms with Crippen LogP contribution in [-0.2, 0) is 9.59 Å². The van der Waals surface area contributed by atoms with Crippen LogP contribution in [0.5, 0.6) is 0 Å². The van der Waals surface area contributed by atoms with Crippen molar-refractivity contribution in [2.24, 2.45) is 28.6 Å². The number of hydrogen-bond acceptors (Lipinski definition) is 2. The second-order valence-electron chi connectivity index (χ2n) is 8.46. The Morgan fingerprint density at radius 2 is 1.73 bits per heavy atom. The molecule has 4 aliphatic carbocycles. The van der Waals surface area contributed by atoms with Crippen LogP contribution in [-0.4, -0.2) is 11.6 Å². The van der Waals surface area contributed by atoms with Crippen LogP contribution in [0.2, 0.25) is 0 Å². The molecule has 2 nitrogen and oxygen atoms in total. The van der Waals surface area contributed by atoms with Crippen molar-refractivity contribution in [2.75, 3.05) is 0 Å². The van der Waals surface area contributed by atoms with Crippen LogP contribution in [0.1, 0.15) is 59.3 Å². The van der Waals surface area contributed by atoms with Crippen LogP contribution < -0.4 is 0 Å². The van der Waals surface area contributed by atoms with Crippen LogP contribution in [0.15, 0.2) is 23.3 Å². The second-order valence-corrected chi connectivity index (χ2v) is 8.46. The predicted octanol–water partition coefficient (Wildman–Crippen LogP) is 4.25. The van der Waals surface area contributed by atoms with Gasteiger partial charge in [-0.25, -0.2) is 0 Å². The van der Waals surface area contributed by atoms with Crippen LogP contribution >= 0.6 is 0 Å².